The maximum absolute atomic E-state index is 13.6. The fourth-order valence-corrected chi connectivity index (χ4v) is 3.65. The molecule has 0 aromatic heterocycles. The van der Waals surface area contributed by atoms with Crippen molar-refractivity contribution in [2.75, 3.05) is 11.4 Å². The number of halogens is 5. The standard InChI is InChI=1S/C24H19ClF4N2O2/c25-19-14-18(26)10-11-20(19)31(13-12-15-6-8-17(9-7-15)24(27,28)29)23(33)21(22(30)32)16-4-2-1-3-5-16/h1-11,14,21H,12-13H2,(H2,30,32). The first-order valence-electron chi connectivity index (χ1n) is 9.84. The first-order valence-corrected chi connectivity index (χ1v) is 10.2. The molecular weight excluding hydrogens is 460 g/mol. The van der Waals surface area contributed by atoms with E-state index >= 15 is 0 Å². The summed E-state index contributed by atoms with van der Waals surface area (Å²) in [4.78, 5) is 26.8. The van der Waals surface area contributed by atoms with Crippen molar-refractivity contribution in [2.45, 2.75) is 18.5 Å². The molecule has 0 aliphatic heterocycles. The zero-order chi connectivity index (χ0) is 24.2. The lowest BCUT2D eigenvalue weighted by Gasteiger charge is -2.27. The molecule has 3 aromatic carbocycles. The highest BCUT2D eigenvalue weighted by Crippen LogP contribution is 2.31. The Kier molecular flexibility index (Phi) is 7.38. The van der Waals surface area contributed by atoms with E-state index in [0.717, 1.165) is 24.3 Å². The van der Waals surface area contributed by atoms with Crippen molar-refractivity contribution in [1.82, 2.24) is 0 Å². The van der Waals surface area contributed by atoms with Gasteiger partial charge in [0.2, 0.25) is 11.8 Å². The van der Waals surface area contributed by atoms with Gasteiger partial charge in [-0.15, -0.1) is 0 Å². The maximum Gasteiger partial charge on any atom is 0.416 e. The second-order valence-electron chi connectivity index (χ2n) is 7.28. The quantitative estimate of drug-likeness (QED) is 0.368. The molecule has 0 radical (unpaired) electrons. The lowest BCUT2D eigenvalue weighted by molar-refractivity contribution is -0.137. The Hall–Kier alpha value is -3.39. The highest BCUT2D eigenvalue weighted by molar-refractivity contribution is 6.34. The van der Waals surface area contributed by atoms with Gasteiger partial charge in [0, 0.05) is 6.54 Å². The van der Waals surface area contributed by atoms with Crippen molar-refractivity contribution >= 4 is 29.1 Å². The molecule has 0 spiro atoms. The van der Waals surface area contributed by atoms with E-state index in [1.807, 2.05) is 0 Å². The molecular formula is C24H19ClF4N2O2. The van der Waals surface area contributed by atoms with Gasteiger partial charge >= 0.3 is 6.18 Å². The number of rotatable bonds is 7. The van der Waals surface area contributed by atoms with Crippen molar-refractivity contribution in [1.29, 1.82) is 0 Å². The summed E-state index contributed by atoms with van der Waals surface area (Å²) in [5, 5.41) is -0.0629. The topological polar surface area (TPSA) is 63.4 Å². The molecule has 2 amide bonds. The Bertz CT molecular complexity index is 1140. The average molecular weight is 479 g/mol. The van der Waals surface area contributed by atoms with Crippen LogP contribution >= 0.6 is 11.6 Å². The van der Waals surface area contributed by atoms with Gasteiger partial charge in [-0.2, -0.15) is 13.2 Å². The van der Waals surface area contributed by atoms with E-state index < -0.39 is 35.3 Å². The van der Waals surface area contributed by atoms with Crippen LogP contribution in [0.15, 0.2) is 72.8 Å². The number of hydrogen-bond acceptors (Lipinski definition) is 2. The Morgan fingerprint density at radius 3 is 2.15 bits per heavy atom. The molecule has 0 saturated heterocycles. The second-order valence-corrected chi connectivity index (χ2v) is 7.68. The average Bonchev–Trinajstić information content (AvgIpc) is 2.75. The minimum absolute atomic E-state index is 0.0356. The summed E-state index contributed by atoms with van der Waals surface area (Å²) < 4.78 is 52.1. The molecule has 1 unspecified atom stereocenters. The van der Waals surface area contributed by atoms with Gasteiger partial charge in [0.1, 0.15) is 11.7 Å². The normalized spacial score (nSPS) is 12.3. The van der Waals surface area contributed by atoms with Crippen molar-refractivity contribution < 1.29 is 27.2 Å². The molecule has 2 N–H and O–H groups in total. The molecule has 9 heteroatoms. The van der Waals surface area contributed by atoms with E-state index in [0.29, 0.717) is 11.1 Å². The number of carbonyl (C=O) groups is 2. The lowest BCUT2D eigenvalue weighted by Crippen LogP contribution is -2.41. The van der Waals surface area contributed by atoms with E-state index in [9.17, 15) is 27.2 Å². The molecule has 1 atom stereocenters. The Morgan fingerprint density at radius 1 is 0.970 bits per heavy atom. The van der Waals surface area contributed by atoms with E-state index in [4.69, 9.17) is 17.3 Å². The highest BCUT2D eigenvalue weighted by atomic mass is 35.5. The third-order valence-electron chi connectivity index (χ3n) is 5.04. The van der Waals surface area contributed by atoms with E-state index in [-0.39, 0.29) is 23.7 Å². The highest BCUT2D eigenvalue weighted by Gasteiger charge is 2.33. The number of nitrogens with zero attached hydrogens (tertiary/aromatic N) is 1. The van der Waals surface area contributed by atoms with E-state index in [1.165, 1.54) is 23.1 Å². The van der Waals surface area contributed by atoms with Crippen LogP contribution in [0.4, 0.5) is 23.2 Å². The van der Waals surface area contributed by atoms with Crippen molar-refractivity contribution in [3.8, 4) is 0 Å². The van der Waals surface area contributed by atoms with Gasteiger partial charge < -0.3 is 10.6 Å². The molecule has 0 heterocycles. The Morgan fingerprint density at radius 2 is 1.61 bits per heavy atom. The maximum atomic E-state index is 13.6. The SMILES string of the molecule is NC(=O)C(C(=O)N(CCc1ccc(C(F)(F)F)cc1)c1ccc(F)cc1Cl)c1ccccc1. The molecule has 3 aromatic rings. The minimum atomic E-state index is -4.47. The third kappa shape index (κ3) is 5.90. The molecule has 3 rings (SSSR count). The number of carbonyl (C=O) groups excluding carboxylic acids is 2. The zero-order valence-electron chi connectivity index (χ0n) is 17.2. The summed E-state index contributed by atoms with van der Waals surface area (Å²) in [6.45, 7) is -0.0356. The van der Waals surface area contributed by atoms with Crippen molar-refractivity contribution in [2.24, 2.45) is 5.73 Å². The molecule has 0 aliphatic carbocycles. The van der Waals surface area contributed by atoms with Crippen LogP contribution < -0.4 is 10.6 Å². The third-order valence-corrected chi connectivity index (χ3v) is 5.34. The first kappa shape index (κ1) is 24.3. The second kappa shape index (κ2) is 10.0. The van der Waals surface area contributed by atoms with Gasteiger partial charge in [0.25, 0.3) is 0 Å². The van der Waals surface area contributed by atoms with Gasteiger partial charge in [-0.25, -0.2) is 4.39 Å². The van der Waals surface area contributed by atoms with Gasteiger partial charge in [-0.05, 0) is 47.9 Å². The van der Waals surface area contributed by atoms with Crippen LogP contribution in [0.3, 0.4) is 0 Å². The summed E-state index contributed by atoms with van der Waals surface area (Å²) in [5.74, 6) is -3.52. The fraction of sp³-hybridized carbons (Fsp3) is 0.167. The van der Waals surface area contributed by atoms with Crippen molar-refractivity contribution in [3.05, 3.63) is 100 Å². The molecule has 172 valence electrons. The summed E-state index contributed by atoms with van der Waals surface area (Å²) in [5.41, 5.74) is 5.77. The van der Waals surface area contributed by atoms with Gasteiger partial charge in [0.05, 0.1) is 16.3 Å². The first-order chi connectivity index (χ1) is 15.6. The number of primary amides is 1. The predicted octanol–water partition coefficient (Wildman–Crippen LogP) is 5.34. The van der Waals surface area contributed by atoms with Crippen LogP contribution in [0.2, 0.25) is 5.02 Å². The Balaban J connectivity index is 1.94. The summed E-state index contributed by atoms with van der Waals surface area (Å²) in [6.07, 6.45) is -4.32. The summed E-state index contributed by atoms with van der Waals surface area (Å²) in [7, 11) is 0. The number of benzene rings is 3. The molecule has 0 saturated carbocycles. The van der Waals surface area contributed by atoms with Crippen LogP contribution in [0, 0.1) is 5.82 Å². The summed E-state index contributed by atoms with van der Waals surface area (Å²) >= 11 is 6.18. The van der Waals surface area contributed by atoms with Gasteiger partial charge in [-0.1, -0.05) is 54.1 Å². The van der Waals surface area contributed by atoms with E-state index in [1.54, 1.807) is 30.3 Å². The molecule has 0 bridgehead atoms. The van der Waals surface area contributed by atoms with Crippen LogP contribution in [0.5, 0.6) is 0 Å². The molecule has 0 fully saturated rings. The molecule has 33 heavy (non-hydrogen) atoms. The fourth-order valence-electron chi connectivity index (χ4n) is 3.38. The number of nitrogens with two attached hydrogens (primary N) is 1. The molecule has 0 aliphatic rings. The van der Waals surface area contributed by atoms with Crippen molar-refractivity contribution in [3.63, 3.8) is 0 Å². The van der Waals surface area contributed by atoms with E-state index in [2.05, 4.69) is 0 Å². The minimum Gasteiger partial charge on any atom is -0.369 e. The van der Waals surface area contributed by atoms with Crippen LogP contribution in [0.25, 0.3) is 0 Å². The monoisotopic (exact) mass is 478 g/mol. The number of anilines is 1. The molecule has 4 nitrogen and oxygen atoms in total. The number of hydrogen-bond donors (Lipinski definition) is 1. The van der Waals surface area contributed by atoms with Crippen LogP contribution in [0.1, 0.15) is 22.6 Å². The van der Waals surface area contributed by atoms with Crippen LogP contribution in [-0.4, -0.2) is 18.4 Å². The van der Waals surface area contributed by atoms with Gasteiger partial charge in [0.15, 0.2) is 0 Å². The number of alkyl halides is 3. The zero-order valence-corrected chi connectivity index (χ0v) is 17.9. The number of amides is 2. The lowest BCUT2D eigenvalue weighted by atomic mass is 9.96. The summed E-state index contributed by atoms with van der Waals surface area (Å²) in [6, 6.07) is 16.1. The Labute approximate surface area is 192 Å². The largest absolute Gasteiger partial charge is 0.416 e. The predicted molar refractivity (Wildman–Crippen MR) is 117 cm³/mol. The van der Waals surface area contributed by atoms with Crippen LogP contribution in [-0.2, 0) is 22.2 Å². The smallest absolute Gasteiger partial charge is 0.369 e. The van der Waals surface area contributed by atoms with Gasteiger partial charge in [-0.3, -0.25) is 9.59 Å².